The summed E-state index contributed by atoms with van der Waals surface area (Å²) in [7, 11) is 0. The van der Waals surface area contributed by atoms with E-state index in [1.165, 1.54) is 0 Å². The predicted octanol–water partition coefficient (Wildman–Crippen LogP) is 1.69. The van der Waals surface area contributed by atoms with E-state index in [-0.39, 0.29) is 6.61 Å². The summed E-state index contributed by atoms with van der Waals surface area (Å²) < 4.78 is 17.5. The summed E-state index contributed by atoms with van der Waals surface area (Å²) in [6.07, 6.45) is 2.65. The first-order valence-corrected chi connectivity index (χ1v) is 4.24. The number of ether oxygens (including phenoxy) is 1. The highest BCUT2D eigenvalue weighted by molar-refractivity contribution is 4.63. The molecule has 3 heteroatoms. The highest BCUT2D eigenvalue weighted by Gasteiger charge is 2.02. The Labute approximate surface area is 73.0 Å². The number of aliphatic hydroxyl groups excluding tert-OH is 1. The molecule has 0 aromatic rings. The molecule has 0 rings (SSSR count). The molecule has 0 aliphatic carbocycles. The second-order valence-electron chi connectivity index (χ2n) is 2.64. The third-order valence-electron chi connectivity index (χ3n) is 1.49. The lowest BCUT2D eigenvalue weighted by Crippen LogP contribution is -2.06. The second-order valence-corrected chi connectivity index (χ2v) is 2.64. The molecule has 72 valence electrons. The molecule has 0 radical (unpaired) electrons. The van der Waals surface area contributed by atoms with Crippen LogP contribution >= 0.6 is 0 Å². The van der Waals surface area contributed by atoms with Gasteiger partial charge < -0.3 is 9.84 Å². The molecule has 0 fully saturated rings. The van der Waals surface area contributed by atoms with Gasteiger partial charge in [-0.05, 0) is 19.3 Å². The molecule has 0 saturated carbocycles. The molecule has 0 amide bonds. The second kappa shape index (κ2) is 8.68. The van der Waals surface area contributed by atoms with Gasteiger partial charge in [0.05, 0.1) is 13.2 Å². The van der Waals surface area contributed by atoms with E-state index in [0.29, 0.717) is 19.6 Å². The Morgan fingerprint density at radius 1 is 1.50 bits per heavy atom. The molecule has 0 aliphatic heterocycles. The predicted molar refractivity (Wildman–Crippen MR) is 46.8 cm³/mol. The fourth-order valence-electron chi connectivity index (χ4n) is 0.828. The first-order chi connectivity index (χ1) is 5.81. The van der Waals surface area contributed by atoms with Gasteiger partial charge in [-0.15, -0.1) is 6.58 Å². The molecule has 0 heterocycles. The number of alkyl halides is 1. The van der Waals surface area contributed by atoms with Crippen molar-refractivity contribution in [2.24, 2.45) is 0 Å². The van der Waals surface area contributed by atoms with Crippen molar-refractivity contribution in [1.29, 1.82) is 0 Å². The quantitative estimate of drug-likeness (QED) is 0.450. The van der Waals surface area contributed by atoms with Crippen LogP contribution in [0.5, 0.6) is 0 Å². The molecular formula is C9H17FO2. The fraction of sp³-hybridized carbons (Fsp3) is 0.778. The van der Waals surface area contributed by atoms with Gasteiger partial charge in [-0.2, -0.15) is 0 Å². The highest BCUT2D eigenvalue weighted by Crippen LogP contribution is 2.03. The molecule has 0 bridgehead atoms. The number of hydrogen-bond acceptors (Lipinski definition) is 2. The average molecular weight is 176 g/mol. The summed E-state index contributed by atoms with van der Waals surface area (Å²) in [5.74, 6) is 0. The van der Waals surface area contributed by atoms with E-state index in [0.717, 1.165) is 12.8 Å². The zero-order valence-electron chi connectivity index (χ0n) is 7.34. The lowest BCUT2D eigenvalue weighted by atomic mass is 10.2. The third-order valence-corrected chi connectivity index (χ3v) is 1.49. The first-order valence-electron chi connectivity index (χ1n) is 4.24. The van der Waals surface area contributed by atoms with Crippen LogP contribution in [0.2, 0.25) is 0 Å². The SMILES string of the molecule is C=CCOCCCCC(F)CO. The Balaban J connectivity index is 2.95. The molecule has 0 aliphatic rings. The number of halogens is 1. The molecule has 1 N–H and O–H groups in total. The van der Waals surface area contributed by atoms with Gasteiger partial charge in [-0.3, -0.25) is 0 Å². The van der Waals surface area contributed by atoms with E-state index in [4.69, 9.17) is 9.84 Å². The van der Waals surface area contributed by atoms with Gasteiger partial charge in [0.2, 0.25) is 0 Å². The molecule has 0 aromatic carbocycles. The number of aliphatic hydroxyl groups is 1. The van der Waals surface area contributed by atoms with Crippen LogP contribution in [0.1, 0.15) is 19.3 Å². The average Bonchev–Trinajstić information content (AvgIpc) is 2.10. The van der Waals surface area contributed by atoms with Crippen molar-refractivity contribution >= 4 is 0 Å². The van der Waals surface area contributed by atoms with E-state index in [1.54, 1.807) is 6.08 Å². The Morgan fingerprint density at radius 2 is 2.25 bits per heavy atom. The van der Waals surface area contributed by atoms with E-state index in [1.807, 2.05) is 0 Å². The summed E-state index contributed by atoms with van der Waals surface area (Å²) in [6.45, 7) is 4.33. The van der Waals surface area contributed by atoms with Gasteiger partial charge in [0.1, 0.15) is 6.17 Å². The van der Waals surface area contributed by atoms with E-state index in [2.05, 4.69) is 6.58 Å². The summed E-state index contributed by atoms with van der Waals surface area (Å²) in [6, 6.07) is 0. The van der Waals surface area contributed by atoms with Gasteiger partial charge in [0.15, 0.2) is 0 Å². The molecule has 0 aromatic heterocycles. The van der Waals surface area contributed by atoms with Crippen LogP contribution in [0.25, 0.3) is 0 Å². The van der Waals surface area contributed by atoms with Crippen molar-refractivity contribution in [2.45, 2.75) is 25.4 Å². The van der Waals surface area contributed by atoms with Gasteiger partial charge in [0, 0.05) is 6.61 Å². The Bertz CT molecular complexity index is 107. The molecular weight excluding hydrogens is 159 g/mol. The van der Waals surface area contributed by atoms with Crippen LogP contribution in [0.4, 0.5) is 4.39 Å². The minimum absolute atomic E-state index is 0.368. The fourth-order valence-corrected chi connectivity index (χ4v) is 0.828. The first kappa shape index (κ1) is 11.6. The smallest absolute Gasteiger partial charge is 0.123 e. The molecule has 1 atom stereocenters. The number of unbranched alkanes of at least 4 members (excludes halogenated alkanes) is 1. The van der Waals surface area contributed by atoms with Crippen molar-refractivity contribution in [3.8, 4) is 0 Å². The van der Waals surface area contributed by atoms with Crippen molar-refractivity contribution in [3.05, 3.63) is 12.7 Å². The topological polar surface area (TPSA) is 29.5 Å². The Morgan fingerprint density at radius 3 is 2.83 bits per heavy atom. The molecule has 12 heavy (non-hydrogen) atoms. The minimum atomic E-state index is -1.07. The highest BCUT2D eigenvalue weighted by atomic mass is 19.1. The van der Waals surface area contributed by atoms with Crippen molar-refractivity contribution < 1.29 is 14.2 Å². The monoisotopic (exact) mass is 176 g/mol. The molecule has 0 spiro atoms. The van der Waals surface area contributed by atoms with Crippen LogP contribution in [0.3, 0.4) is 0 Å². The normalized spacial score (nSPS) is 12.8. The maximum absolute atomic E-state index is 12.4. The lowest BCUT2D eigenvalue weighted by Gasteiger charge is -2.03. The van der Waals surface area contributed by atoms with Gasteiger partial charge in [-0.1, -0.05) is 6.08 Å². The summed E-state index contributed by atoms with van der Waals surface area (Å²) in [5, 5.41) is 8.36. The standard InChI is InChI=1S/C9H17FO2/c1-2-6-12-7-4-3-5-9(10)8-11/h2,9,11H,1,3-8H2. The van der Waals surface area contributed by atoms with Crippen LogP contribution in [0.15, 0.2) is 12.7 Å². The Hall–Kier alpha value is -0.410. The Kier molecular flexibility index (Phi) is 8.39. The zero-order valence-corrected chi connectivity index (χ0v) is 7.34. The van der Waals surface area contributed by atoms with Crippen LogP contribution < -0.4 is 0 Å². The van der Waals surface area contributed by atoms with Gasteiger partial charge in [-0.25, -0.2) is 4.39 Å². The van der Waals surface area contributed by atoms with E-state index >= 15 is 0 Å². The maximum Gasteiger partial charge on any atom is 0.123 e. The largest absolute Gasteiger partial charge is 0.393 e. The van der Waals surface area contributed by atoms with Gasteiger partial charge in [0.25, 0.3) is 0 Å². The molecule has 1 unspecified atom stereocenters. The summed E-state index contributed by atoms with van der Waals surface area (Å²) >= 11 is 0. The lowest BCUT2D eigenvalue weighted by molar-refractivity contribution is 0.143. The molecule has 0 saturated heterocycles. The zero-order chi connectivity index (χ0) is 9.23. The minimum Gasteiger partial charge on any atom is -0.393 e. The van der Waals surface area contributed by atoms with Crippen LogP contribution in [-0.2, 0) is 4.74 Å². The summed E-state index contributed by atoms with van der Waals surface area (Å²) in [4.78, 5) is 0. The van der Waals surface area contributed by atoms with Crippen LogP contribution in [0, 0.1) is 0 Å². The van der Waals surface area contributed by atoms with E-state index in [9.17, 15) is 4.39 Å². The van der Waals surface area contributed by atoms with E-state index < -0.39 is 6.17 Å². The maximum atomic E-state index is 12.4. The molecule has 2 nitrogen and oxygen atoms in total. The number of rotatable bonds is 8. The summed E-state index contributed by atoms with van der Waals surface area (Å²) in [5.41, 5.74) is 0. The van der Waals surface area contributed by atoms with Gasteiger partial charge >= 0.3 is 0 Å². The third kappa shape index (κ3) is 7.69. The van der Waals surface area contributed by atoms with Crippen molar-refractivity contribution in [2.75, 3.05) is 19.8 Å². The number of hydrogen-bond donors (Lipinski definition) is 1. The van der Waals surface area contributed by atoms with Crippen LogP contribution in [-0.4, -0.2) is 31.1 Å². The van der Waals surface area contributed by atoms with Crippen molar-refractivity contribution in [3.63, 3.8) is 0 Å². The van der Waals surface area contributed by atoms with Crippen molar-refractivity contribution in [1.82, 2.24) is 0 Å².